The van der Waals surface area contributed by atoms with Gasteiger partial charge in [-0.1, -0.05) is 22.9 Å². The molecule has 1 aromatic carbocycles. The lowest BCUT2D eigenvalue weighted by molar-refractivity contribution is -0.384. The van der Waals surface area contributed by atoms with Crippen LogP contribution in [-0.2, 0) is 6.54 Å². The number of anilines is 1. The Balaban J connectivity index is 1.87. The number of thiophene rings is 1. The molecule has 0 saturated carbocycles. The van der Waals surface area contributed by atoms with E-state index in [1.165, 1.54) is 28.7 Å². The summed E-state index contributed by atoms with van der Waals surface area (Å²) >= 11 is 8.90. The molecule has 0 aliphatic rings. The molecule has 3 rings (SSSR count). The minimum absolute atomic E-state index is 0.0883. The standard InChI is InChI=1S/C13H10ClN3O2S2/c1-16(7-9-3-5-12(14)20-9)13-15-10-4-2-8(17(18)19)6-11(10)21-13/h2-6H,7H2,1H3. The highest BCUT2D eigenvalue weighted by atomic mass is 35.5. The maximum absolute atomic E-state index is 10.8. The summed E-state index contributed by atoms with van der Waals surface area (Å²) in [5, 5.41) is 11.6. The number of hydrogen-bond acceptors (Lipinski definition) is 6. The summed E-state index contributed by atoms with van der Waals surface area (Å²) in [5.41, 5.74) is 0.863. The van der Waals surface area contributed by atoms with Crippen molar-refractivity contribution >= 4 is 55.3 Å². The van der Waals surface area contributed by atoms with Gasteiger partial charge in [0.25, 0.3) is 5.69 Å². The molecule has 21 heavy (non-hydrogen) atoms. The quantitative estimate of drug-likeness (QED) is 0.516. The van der Waals surface area contributed by atoms with Gasteiger partial charge in [-0.15, -0.1) is 11.3 Å². The van der Waals surface area contributed by atoms with E-state index in [9.17, 15) is 10.1 Å². The van der Waals surface area contributed by atoms with Gasteiger partial charge in [-0.25, -0.2) is 4.98 Å². The van der Waals surface area contributed by atoms with Crippen LogP contribution < -0.4 is 4.90 Å². The number of benzene rings is 1. The average molecular weight is 340 g/mol. The zero-order chi connectivity index (χ0) is 15.0. The second kappa shape index (κ2) is 5.59. The van der Waals surface area contributed by atoms with Crippen molar-refractivity contribution in [3.8, 4) is 0 Å². The molecule has 0 atom stereocenters. The van der Waals surface area contributed by atoms with E-state index in [1.807, 2.05) is 24.1 Å². The van der Waals surface area contributed by atoms with Crippen LogP contribution in [0.1, 0.15) is 4.88 Å². The Hall–Kier alpha value is -1.70. The highest BCUT2D eigenvalue weighted by Gasteiger charge is 2.13. The van der Waals surface area contributed by atoms with E-state index in [0.717, 1.165) is 24.6 Å². The van der Waals surface area contributed by atoms with E-state index >= 15 is 0 Å². The number of aromatic nitrogens is 1. The van der Waals surface area contributed by atoms with Crippen molar-refractivity contribution in [2.75, 3.05) is 11.9 Å². The first-order chi connectivity index (χ1) is 10.0. The lowest BCUT2D eigenvalue weighted by Gasteiger charge is -2.13. The number of halogens is 1. The summed E-state index contributed by atoms with van der Waals surface area (Å²) in [4.78, 5) is 18.1. The highest BCUT2D eigenvalue weighted by molar-refractivity contribution is 7.22. The Morgan fingerprint density at radius 2 is 2.14 bits per heavy atom. The number of nitro groups is 1. The molecule has 0 aliphatic carbocycles. The van der Waals surface area contributed by atoms with Crippen molar-refractivity contribution in [1.29, 1.82) is 0 Å². The first-order valence-corrected chi connectivity index (χ1v) is 8.04. The third-order valence-corrected chi connectivity index (χ3v) is 5.27. The number of thiazole rings is 1. The fourth-order valence-corrected chi connectivity index (χ4v) is 4.02. The smallest absolute Gasteiger partial charge is 0.270 e. The van der Waals surface area contributed by atoms with Crippen molar-refractivity contribution in [3.05, 3.63) is 49.7 Å². The van der Waals surface area contributed by atoms with Crippen molar-refractivity contribution in [2.24, 2.45) is 0 Å². The topological polar surface area (TPSA) is 59.3 Å². The molecule has 0 bridgehead atoms. The summed E-state index contributed by atoms with van der Waals surface area (Å²) in [7, 11) is 1.94. The third kappa shape index (κ3) is 2.99. The van der Waals surface area contributed by atoms with Gasteiger partial charge in [-0.2, -0.15) is 0 Å². The lowest BCUT2D eigenvalue weighted by atomic mass is 10.3. The number of nitrogens with zero attached hydrogens (tertiary/aromatic N) is 3. The maximum Gasteiger partial charge on any atom is 0.270 e. The number of fused-ring (bicyclic) bond motifs is 1. The maximum atomic E-state index is 10.8. The van der Waals surface area contributed by atoms with Crippen LogP contribution >= 0.6 is 34.3 Å². The van der Waals surface area contributed by atoms with Crippen LogP contribution in [0, 0.1) is 10.1 Å². The van der Waals surface area contributed by atoms with Crippen molar-refractivity contribution in [2.45, 2.75) is 6.54 Å². The zero-order valence-corrected chi connectivity index (χ0v) is 13.3. The van der Waals surface area contributed by atoms with Crippen molar-refractivity contribution < 1.29 is 4.92 Å². The van der Waals surface area contributed by atoms with Crippen LogP contribution in [0.4, 0.5) is 10.8 Å². The molecule has 0 N–H and O–H groups in total. The molecular formula is C13H10ClN3O2S2. The van der Waals surface area contributed by atoms with Crippen LogP contribution in [0.3, 0.4) is 0 Å². The Bertz CT molecular complexity index is 815. The normalized spacial score (nSPS) is 11.0. The molecule has 0 amide bonds. The van der Waals surface area contributed by atoms with Gasteiger partial charge in [0, 0.05) is 24.1 Å². The van der Waals surface area contributed by atoms with Crippen molar-refractivity contribution in [3.63, 3.8) is 0 Å². The van der Waals surface area contributed by atoms with Crippen LogP contribution in [0.5, 0.6) is 0 Å². The molecule has 0 fully saturated rings. The van der Waals surface area contributed by atoms with E-state index in [4.69, 9.17) is 11.6 Å². The lowest BCUT2D eigenvalue weighted by Crippen LogP contribution is -2.14. The summed E-state index contributed by atoms with van der Waals surface area (Å²) in [6, 6.07) is 8.58. The van der Waals surface area contributed by atoms with Gasteiger partial charge < -0.3 is 4.90 Å². The first kappa shape index (κ1) is 14.2. The van der Waals surface area contributed by atoms with Crippen LogP contribution in [0.2, 0.25) is 4.34 Å². The summed E-state index contributed by atoms with van der Waals surface area (Å²) in [5.74, 6) is 0. The Labute approximate surface area is 133 Å². The zero-order valence-electron chi connectivity index (χ0n) is 10.9. The number of nitro benzene ring substituents is 1. The fraction of sp³-hybridized carbons (Fsp3) is 0.154. The molecule has 108 valence electrons. The van der Waals surface area contributed by atoms with Crippen molar-refractivity contribution in [1.82, 2.24) is 4.98 Å². The van der Waals surface area contributed by atoms with E-state index in [1.54, 1.807) is 12.1 Å². The third-order valence-electron chi connectivity index (χ3n) is 2.92. The number of hydrogen-bond donors (Lipinski definition) is 0. The number of non-ortho nitro benzene ring substituents is 1. The monoisotopic (exact) mass is 339 g/mol. The second-order valence-electron chi connectivity index (χ2n) is 4.47. The van der Waals surface area contributed by atoms with Gasteiger partial charge in [-0.3, -0.25) is 10.1 Å². The van der Waals surface area contributed by atoms with Crippen LogP contribution in [0.25, 0.3) is 10.2 Å². The van der Waals surface area contributed by atoms with E-state index in [-0.39, 0.29) is 5.69 Å². The van der Waals surface area contributed by atoms with Gasteiger partial charge in [0.05, 0.1) is 26.0 Å². The molecule has 0 aliphatic heterocycles. The molecule has 5 nitrogen and oxygen atoms in total. The second-order valence-corrected chi connectivity index (χ2v) is 7.28. The first-order valence-electron chi connectivity index (χ1n) is 6.03. The molecule has 2 aromatic heterocycles. The Morgan fingerprint density at radius 1 is 1.33 bits per heavy atom. The number of rotatable bonds is 4. The molecule has 2 heterocycles. The Kier molecular flexibility index (Phi) is 3.79. The summed E-state index contributed by atoms with van der Waals surface area (Å²) in [6.45, 7) is 0.708. The SMILES string of the molecule is CN(Cc1ccc(Cl)s1)c1nc2ccc([N+](=O)[O-])cc2s1. The Morgan fingerprint density at radius 3 is 2.81 bits per heavy atom. The molecule has 0 spiro atoms. The predicted molar refractivity (Wildman–Crippen MR) is 87.7 cm³/mol. The van der Waals surface area contributed by atoms with Gasteiger partial charge in [-0.05, 0) is 18.2 Å². The van der Waals surface area contributed by atoms with Gasteiger partial charge in [0.15, 0.2) is 5.13 Å². The van der Waals surface area contributed by atoms with E-state index in [2.05, 4.69) is 4.98 Å². The van der Waals surface area contributed by atoms with Gasteiger partial charge >= 0.3 is 0 Å². The van der Waals surface area contributed by atoms with Gasteiger partial charge in [0.2, 0.25) is 0 Å². The van der Waals surface area contributed by atoms with E-state index < -0.39 is 4.92 Å². The summed E-state index contributed by atoms with van der Waals surface area (Å²) in [6.07, 6.45) is 0. The largest absolute Gasteiger partial charge is 0.346 e. The van der Waals surface area contributed by atoms with E-state index in [0.29, 0.717) is 6.54 Å². The minimum Gasteiger partial charge on any atom is -0.346 e. The minimum atomic E-state index is -0.393. The molecule has 0 unspecified atom stereocenters. The van der Waals surface area contributed by atoms with Crippen LogP contribution in [0.15, 0.2) is 30.3 Å². The van der Waals surface area contributed by atoms with Gasteiger partial charge in [0.1, 0.15) is 0 Å². The van der Waals surface area contributed by atoms with Crippen LogP contribution in [-0.4, -0.2) is 17.0 Å². The highest BCUT2D eigenvalue weighted by Crippen LogP contribution is 2.32. The summed E-state index contributed by atoms with van der Waals surface area (Å²) < 4.78 is 1.58. The molecule has 0 radical (unpaired) electrons. The molecular weight excluding hydrogens is 330 g/mol. The molecule has 8 heteroatoms. The molecule has 3 aromatic rings. The average Bonchev–Trinajstić information content (AvgIpc) is 3.03. The molecule has 0 saturated heterocycles. The fourth-order valence-electron chi connectivity index (χ4n) is 1.92. The predicted octanol–water partition coefficient (Wildman–Crippen LogP) is 4.56.